The third-order valence-electron chi connectivity index (χ3n) is 0.424. The molecule has 0 heterocycles. The molecule has 4 nitrogen and oxygen atoms in total. The lowest BCUT2D eigenvalue weighted by molar-refractivity contribution is -0.00997. The number of aliphatic hydroxyl groups excluding tert-OH is 2. The van der Waals surface area contributed by atoms with Gasteiger partial charge in [-0.1, -0.05) is 13.2 Å². The van der Waals surface area contributed by atoms with Crippen molar-refractivity contribution in [3.63, 3.8) is 0 Å². The van der Waals surface area contributed by atoms with Crippen molar-refractivity contribution in [2.75, 3.05) is 6.79 Å². The summed E-state index contributed by atoms with van der Waals surface area (Å²) in [4.78, 5) is 0. The van der Waals surface area contributed by atoms with E-state index < -0.39 is 12.7 Å². The summed E-state index contributed by atoms with van der Waals surface area (Å²) < 4.78 is 8.32. The van der Waals surface area contributed by atoms with Crippen LogP contribution in [0.5, 0.6) is 0 Å². The minimum atomic E-state index is -0.519. The Hall–Kier alpha value is -1.42. The highest BCUT2D eigenvalue weighted by atomic mass is 16.7. The fraction of sp³-hybridized carbons (Fsp3) is 0.143. The third-order valence-corrected chi connectivity index (χ3v) is 0.424. The van der Waals surface area contributed by atoms with Crippen LogP contribution < -0.4 is 0 Å². The SMILES string of the molecule is C=C(O)OCO.C=COC=C. The molecule has 0 unspecified atom stereocenters. The first kappa shape index (κ1) is 12.3. The first-order chi connectivity index (χ1) is 5.18. The molecule has 2 N–H and O–H groups in total. The fourth-order valence-electron chi connectivity index (χ4n) is 0.143. The molecule has 64 valence electrons. The van der Waals surface area contributed by atoms with Crippen LogP contribution in [-0.4, -0.2) is 17.0 Å². The van der Waals surface area contributed by atoms with Gasteiger partial charge in [0.15, 0.2) is 6.79 Å². The average molecular weight is 160 g/mol. The maximum Gasteiger partial charge on any atom is 0.271 e. The molecule has 0 aromatic rings. The van der Waals surface area contributed by atoms with Crippen LogP contribution in [0.4, 0.5) is 0 Å². The Morgan fingerprint density at radius 1 is 1.36 bits per heavy atom. The molecule has 0 amide bonds. The Kier molecular flexibility index (Phi) is 12.7. The summed E-state index contributed by atoms with van der Waals surface area (Å²) >= 11 is 0. The second-order valence-corrected chi connectivity index (χ2v) is 1.14. The van der Waals surface area contributed by atoms with Crippen LogP contribution in [0.1, 0.15) is 0 Å². The molecule has 0 aliphatic heterocycles. The molecular formula is C7H12O4. The maximum absolute atomic E-state index is 7.98. The largest absolute Gasteiger partial charge is 0.481 e. The van der Waals surface area contributed by atoms with Gasteiger partial charge in [0, 0.05) is 0 Å². The van der Waals surface area contributed by atoms with Crippen molar-refractivity contribution >= 4 is 0 Å². The van der Waals surface area contributed by atoms with Crippen molar-refractivity contribution in [2.24, 2.45) is 0 Å². The minimum absolute atomic E-state index is 0.461. The van der Waals surface area contributed by atoms with Gasteiger partial charge in [-0.2, -0.15) is 0 Å². The van der Waals surface area contributed by atoms with Crippen LogP contribution in [0, 0.1) is 0 Å². The molecule has 0 saturated carbocycles. The van der Waals surface area contributed by atoms with Gasteiger partial charge in [-0.3, -0.25) is 0 Å². The molecule has 0 saturated heterocycles. The van der Waals surface area contributed by atoms with Crippen LogP contribution >= 0.6 is 0 Å². The van der Waals surface area contributed by atoms with Gasteiger partial charge in [0.05, 0.1) is 12.5 Å². The lowest BCUT2D eigenvalue weighted by Crippen LogP contribution is -1.88. The van der Waals surface area contributed by atoms with E-state index in [1.165, 1.54) is 12.5 Å². The zero-order valence-corrected chi connectivity index (χ0v) is 6.19. The third kappa shape index (κ3) is 29.0. The highest BCUT2D eigenvalue weighted by Crippen LogP contribution is 1.79. The quantitative estimate of drug-likeness (QED) is 0.480. The summed E-state index contributed by atoms with van der Waals surface area (Å²) in [6, 6.07) is 0. The predicted molar refractivity (Wildman–Crippen MR) is 41.4 cm³/mol. The van der Waals surface area contributed by atoms with Crippen molar-refractivity contribution < 1.29 is 19.7 Å². The molecule has 0 bridgehead atoms. The van der Waals surface area contributed by atoms with Gasteiger partial charge in [0.1, 0.15) is 0 Å². The molecule has 0 fully saturated rings. The van der Waals surface area contributed by atoms with Crippen molar-refractivity contribution in [1.82, 2.24) is 0 Å². The number of ether oxygens (including phenoxy) is 2. The van der Waals surface area contributed by atoms with E-state index in [2.05, 4.69) is 29.2 Å². The highest BCUT2D eigenvalue weighted by Gasteiger charge is 1.77. The van der Waals surface area contributed by atoms with Crippen molar-refractivity contribution in [3.8, 4) is 0 Å². The van der Waals surface area contributed by atoms with E-state index in [9.17, 15) is 0 Å². The van der Waals surface area contributed by atoms with Crippen LogP contribution in [-0.2, 0) is 9.47 Å². The molecular weight excluding hydrogens is 148 g/mol. The summed E-state index contributed by atoms with van der Waals surface area (Å²) in [7, 11) is 0. The zero-order valence-electron chi connectivity index (χ0n) is 6.19. The Labute approximate surface area is 65.7 Å². The van der Waals surface area contributed by atoms with Gasteiger partial charge in [-0.25, -0.2) is 0 Å². The highest BCUT2D eigenvalue weighted by molar-refractivity contribution is 4.59. The van der Waals surface area contributed by atoms with E-state index in [-0.39, 0.29) is 0 Å². The number of hydrogen-bond donors (Lipinski definition) is 2. The Bertz CT molecular complexity index is 114. The summed E-state index contributed by atoms with van der Waals surface area (Å²) in [6.07, 6.45) is 2.62. The number of aliphatic hydroxyl groups is 2. The lowest BCUT2D eigenvalue weighted by atomic mass is 11.0. The Morgan fingerprint density at radius 3 is 1.82 bits per heavy atom. The monoisotopic (exact) mass is 160 g/mol. The van der Waals surface area contributed by atoms with Gasteiger partial charge in [-0.05, 0) is 6.58 Å². The second-order valence-electron chi connectivity index (χ2n) is 1.14. The molecule has 0 radical (unpaired) electrons. The van der Waals surface area contributed by atoms with E-state index in [0.29, 0.717) is 0 Å². The topological polar surface area (TPSA) is 58.9 Å². The summed E-state index contributed by atoms with van der Waals surface area (Å²) in [5.41, 5.74) is 0. The summed E-state index contributed by atoms with van der Waals surface area (Å²) in [5.74, 6) is -0.461. The Morgan fingerprint density at radius 2 is 1.82 bits per heavy atom. The molecule has 0 aliphatic rings. The Balaban J connectivity index is 0. The molecule has 0 spiro atoms. The van der Waals surface area contributed by atoms with Crippen molar-refractivity contribution in [2.45, 2.75) is 0 Å². The molecule has 11 heavy (non-hydrogen) atoms. The van der Waals surface area contributed by atoms with Crippen LogP contribution in [0.2, 0.25) is 0 Å². The summed E-state index contributed by atoms with van der Waals surface area (Å²) in [6.45, 7) is 8.91. The molecule has 0 aromatic heterocycles. The molecule has 0 atom stereocenters. The smallest absolute Gasteiger partial charge is 0.271 e. The minimum Gasteiger partial charge on any atom is -0.481 e. The standard InChI is InChI=1S/C4H6O.C3H6O3/c1-3-5-4-2;1-3(5)6-2-4/h3-4H,1-2H2;4-5H,1-2H2. The van der Waals surface area contributed by atoms with Crippen molar-refractivity contribution in [3.05, 3.63) is 38.2 Å². The first-order valence-corrected chi connectivity index (χ1v) is 2.67. The van der Waals surface area contributed by atoms with E-state index in [4.69, 9.17) is 10.2 Å². The average Bonchev–Trinajstić information content (AvgIpc) is 1.90. The number of hydrogen-bond acceptors (Lipinski definition) is 4. The van der Waals surface area contributed by atoms with Gasteiger partial charge < -0.3 is 19.7 Å². The molecule has 0 aromatic carbocycles. The van der Waals surface area contributed by atoms with Gasteiger partial charge in [-0.15, -0.1) is 0 Å². The fourth-order valence-corrected chi connectivity index (χ4v) is 0.143. The van der Waals surface area contributed by atoms with Crippen LogP contribution in [0.25, 0.3) is 0 Å². The predicted octanol–water partition coefficient (Wildman–Crippen LogP) is 1.27. The van der Waals surface area contributed by atoms with Gasteiger partial charge >= 0.3 is 0 Å². The normalized spacial score (nSPS) is 6.64. The van der Waals surface area contributed by atoms with Crippen LogP contribution in [0.3, 0.4) is 0 Å². The van der Waals surface area contributed by atoms with Gasteiger partial charge in [0.25, 0.3) is 5.95 Å². The second kappa shape index (κ2) is 11.4. The molecule has 4 heteroatoms. The van der Waals surface area contributed by atoms with Crippen molar-refractivity contribution in [1.29, 1.82) is 0 Å². The van der Waals surface area contributed by atoms with E-state index >= 15 is 0 Å². The van der Waals surface area contributed by atoms with E-state index in [1.54, 1.807) is 0 Å². The van der Waals surface area contributed by atoms with E-state index in [0.717, 1.165) is 0 Å². The van der Waals surface area contributed by atoms with Crippen LogP contribution in [0.15, 0.2) is 38.2 Å². The lowest BCUT2D eigenvalue weighted by Gasteiger charge is -1.92. The van der Waals surface area contributed by atoms with E-state index in [1.807, 2.05) is 0 Å². The van der Waals surface area contributed by atoms with Gasteiger partial charge in [0.2, 0.25) is 0 Å². The first-order valence-electron chi connectivity index (χ1n) is 2.67. The molecule has 0 rings (SSSR count). The zero-order chi connectivity index (χ0) is 9.11. The molecule has 0 aliphatic carbocycles. The number of rotatable bonds is 4. The maximum atomic E-state index is 7.98. The summed E-state index contributed by atoms with van der Waals surface area (Å²) in [5, 5.41) is 15.8.